The lowest BCUT2D eigenvalue weighted by atomic mass is 10.1. The SMILES string of the molecule is C[C@@H](O)CCc1cnc(Cl)c(Cl)c1. The topological polar surface area (TPSA) is 33.1 Å². The Morgan fingerprint density at radius 1 is 1.54 bits per heavy atom. The van der Waals surface area contributed by atoms with Crippen LogP contribution >= 0.6 is 23.2 Å². The number of halogens is 2. The van der Waals surface area contributed by atoms with E-state index in [1.165, 1.54) is 0 Å². The summed E-state index contributed by atoms with van der Waals surface area (Å²) in [6, 6.07) is 1.78. The predicted molar refractivity (Wildman–Crippen MR) is 54.3 cm³/mol. The fourth-order valence-corrected chi connectivity index (χ4v) is 1.27. The van der Waals surface area contributed by atoms with E-state index in [4.69, 9.17) is 28.3 Å². The summed E-state index contributed by atoms with van der Waals surface area (Å²) in [6.45, 7) is 1.75. The van der Waals surface area contributed by atoms with E-state index in [0.717, 1.165) is 12.0 Å². The summed E-state index contributed by atoms with van der Waals surface area (Å²) in [7, 11) is 0. The molecule has 72 valence electrons. The molecule has 1 rings (SSSR count). The Hall–Kier alpha value is -0.310. The highest BCUT2D eigenvalue weighted by molar-refractivity contribution is 6.41. The zero-order chi connectivity index (χ0) is 9.84. The molecule has 1 N–H and O–H groups in total. The van der Waals surface area contributed by atoms with Gasteiger partial charge in [-0.2, -0.15) is 0 Å². The van der Waals surface area contributed by atoms with E-state index in [1.54, 1.807) is 19.2 Å². The van der Waals surface area contributed by atoms with E-state index < -0.39 is 0 Å². The van der Waals surface area contributed by atoms with Crippen molar-refractivity contribution in [1.82, 2.24) is 4.98 Å². The van der Waals surface area contributed by atoms with Crippen molar-refractivity contribution in [1.29, 1.82) is 0 Å². The van der Waals surface area contributed by atoms with Crippen LogP contribution in [-0.2, 0) is 6.42 Å². The van der Waals surface area contributed by atoms with Gasteiger partial charge in [0.25, 0.3) is 0 Å². The summed E-state index contributed by atoms with van der Waals surface area (Å²) in [6.07, 6.45) is 2.85. The fraction of sp³-hybridized carbons (Fsp3) is 0.444. The highest BCUT2D eigenvalue weighted by Crippen LogP contribution is 2.20. The molecule has 0 aliphatic rings. The molecule has 13 heavy (non-hydrogen) atoms. The maximum Gasteiger partial charge on any atom is 0.147 e. The predicted octanol–water partition coefficient (Wildman–Crippen LogP) is 2.70. The van der Waals surface area contributed by atoms with Gasteiger partial charge >= 0.3 is 0 Å². The van der Waals surface area contributed by atoms with Crippen molar-refractivity contribution in [3.8, 4) is 0 Å². The van der Waals surface area contributed by atoms with E-state index in [9.17, 15) is 0 Å². The minimum absolute atomic E-state index is 0.297. The van der Waals surface area contributed by atoms with E-state index in [0.29, 0.717) is 16.6 Å². The molecule has 1 atom stereocenters. The maximum atomic E-state index is 9.06. The molecule has 0 amide bonds. The van der Waals surface area contributed by atoms with Crippen molar-refractivity contribution in [2.45, 2.75) is 25.9 Å². The normalized spacial score (nSPS) is 12.9. The molecule has 0 aliphatic heterocycles. The van der Waals surface area contributed by atoms with Crippen LogP contribution in [-0.4, -0.2) is 16.2 Å². The molecule has 0 saturated carbocycles. The molecule has 1 heterocycles. The van der Waals surface area contributed by atoms with Gasteiger partial charge in [0, 0.05) is 6.20 Å². The van der Waals surface area contributed by atoms with Gasteiger partial charge in [0.05, 0.1) is 11.1 Å². The first-order valence-corrected chi connectivity index (χ1v) is 4.83. The zero-order valence-electron chi connectivity index (χ0n) is 7.30. The summed E-state index contributed by atoms with van der Waals surface area (Å²) in [4.78, 5) is 3.91. The third-order valence-corrected chi connectivity index (χ3v) is 2.39. The van der Waals surface area contributed by atoms with Gasteiger partial charge in [0.15, 0.2) is 0 Å². The van der Waals surface area contributed by atoms with Gasteiger partial charge in [-0.1, -0.05) is 23.2 Å². The van der Waals surface area contributed by atoms with Crippen LogP contribution in [0, 0.1) is 0 Å². The molecule has 0 fully saturated rings. The first-order valence-electron chi connectivity index (χ1n) is 4.07. The molecule has 2 nitrogen and oxygen atoms in total. The number of aliphatic hydroxyl groups is 1. The lowest BCUT2D eigenvalue weighted by Gasteiger charge is -2.04. The number of aromatic nitrogens is 1. The number of hydrogen-bond donors (Lipinski definition) is 1. The van der Waals surface area contributed by atoms with Crippen LogP contribution in [0.25, 0.3) is 0 Å². The molecule has 0 bridgehead atoms. The molecular weight excluding hydrogens is 209 g/mol. The summed E-state index contributed by atoms with van der Waals surface area (Å²) >= 11 is 11.4. The number of rotatable bonds is 3. The Kier molecular flexibility index (Phi) is 3.97. The largest absolute Gasteiger partial charge is 0.393 e. The van der Waals surface area contributed by atoms with Gasteiger partial charge in [0.1, 0.15) is 5.15 Å². The minimum atomic E-state index is -0.297. The van der Waals surface area contributed by atoms with Crippen molar-refractivity contribution < 1.29 is 5.11 Å². The van der Waals surface area contributed by atoms with Gasteiger partial charge in [-0.05, 0) is 31.4 Å². The van der Waals surface area contributed by atoms with Crippen LogP contribution < -0.4 is 0 Å². The van der Waals surface area contributed by atoms with Crippen LogP contribution in [0.4, 0.5) is 0 Å². The van der Waals surface area contributed by atoms with Crippen LogP contribution in [0.15, 0.2) is 12.3 Å². The first-order chi connectivity index (χ1) is 6.09. The van der Waals surface area contributed by atoms with Crippen molar-refractivity contribution in [3.05, 3.63) is 28.0 Å². The van der Waals surface area contributed by atoms with Crippen molar-refractivity contribution in [3.63, 3.8) is 0 Å². The highest BCUT2D eigenvalue weighted by atomic mass is 35.5. The second kappa shape index (κ2) is 4.80. The van der Waals surface area contributed by atoms with Crippen molar-refractivity contribution >= 4 is 23.2 Å². The van der Waals surface area contributed by atoms with Crippen LogP contribution in [0.5, 0.6) is 0 Å². The Morgan fingerprint density at radius 2 is 2.23 bits per heavy atom. The van der Waals surface area contributed by atoms with E-state index >= 15 is 0 Å². The Labute approximate surface area is 87.5 Å². The van der Waals surface area contributed by atoms with Crippen molar-refractivity contribution in [2.75, 3.05) is 0 Å². The Balaban J connectivity index is 2.63. The summed E-state index contributed by atoms with van der Waals surface area (Å²) in [5, 5.41) is 9.84. The average Bonchev–Trinajstić information content (AvgIpc) is 2.07. The summed E-state index contributed by atoms with van der Waals surface area (Å²) in [5.74, 6) is 0. The molecule has 1 aromatic heterocycles. The molecule has 0 spiro atoms. The fourth-order valence-electron chi connectivity index (χ4n) is 0.973. The maximum absolute atomic E-state index is 9.06. The first kappa shape index (κ1) is 10.8. The van der Waals surface area contributed by atoms with Gasteiger partial charge < -0.3 is 5.11 Å². The minimum Gasteiger partial charge on any atom is -0.393 e. The second-order valence-electron chi connectivity index (χ2n) is 3.00. The van der Waals surface area contributed by atoms with E-state index in [1.807, 2.05) is 0 Å². The van der Waals surface area contributed by atoms with Crippen LogP contribution in [0.2, 0.25) is 10.2 Å². The third-order valence-electron chi connectivity index (χ3n) is 1.70. The lowest BCUT2D eigenvalue weighted by Crippen LogP contribution is -2.01. The van der Waals surface area contributed by atoms with Gasteiger partial charge in [-0.25, -0.2) is 4.98 Å². The molecular formula is C9H11Cl2NO. The lowest BCUT2D eigenvalue weighted by molar-refractivity contribution is 0.185. The van der Waals surface area contributed by atoms with Gasteiger partial charge in [-0.15, -0.1) is 0 Å². The molecule has 0 aliphatic carbocycles. The number of aryl methyl sites for hydroxylation is 1. The summed E-state index contributed by atoms with van der Waals surface area (Å²) < 4.78 is 0. The molecule has 4 heteroatoms. The Morgan fingerprint density at radius 3 is 2.77 bits per heavy atom. The number of pyridine rings is 1. The third kappa shape index (κ3) is 3.51. The number of nitrogens with zero attached hydrogens (tertiary/aromatic N) is 1. The Bertz CT molecular complexity index is 289. The highest BCUT2D eigenvalue weighted by Gasteiger charge is 2.02. The zero-order valence-corrected chi connectivity index (χ0v) is 8.81. The van der Waals surface area contributed by atoms with Crippen molar-refractivity contribution in [2.24, 2.45) is 0 Å². The number of hydrogen-bond acceptors (Lipinski definition) is 2. The second-order valence-corrected chi connectivity index (χ2v) is 3.77. The van der Waals surface area contributed by atoms with Crippen LogP contribution in [0.1, 0.15) is 18.9 Å². The summed E-state index contributed by atoms with van der Waals surface area (Å²) in [5.41, 5.74) is 0.996. The standard InChI is InChI=1S/C9H11Cl2NO/c1-6(13)2-3-7-4-8(10)9(11)12-5-7/h4-6,13H,2-3H2,1H3/t6-/m1/s1. The molecule has 1 aromatic rings. The molecule has 0 unspecified atom stereocenters. The molecule has 0 radical (unpaired) electrons. The van der Waals surface area contributed by atoms with Crippen LogP contribution in [0.3, 0.4) is 0 Å². The van der Waals surface area contributed by atoms with Gasteiger partial charge in [0.2, 0.25) is 0 Å². The molecule has 0 aromatic carbocycles. The van der Waals surface area contributed by atoms with E-state index in [2.05, 4.69) is 4.98 Å². The van der Waals surface area contributed by atoms with E-state index in [-0.39, 0.29) is 6.10 Å². The smallest absolute Gasteiger partial charge is 0.147 e. The monoisotopic (exact) mass is 219 g/mol. The van der Waals surface area contributed by atoms with Gasteiger partial charge in [-0.3, -0.25) is 0 Å². The number of aliphatic hydroxyl groups excluding tert-OH is 1. The average molecular weight is 220 g/mol. The quantitative estimate of drug-likeness (QED) is 0.794. The molecule has 0 saturated heterocycles.